The summed E-state index contributed by atoms with van der Waals surface area (Å²) in [5.41, 5.74) is 6.47. The third-order valence-corrected chi connectivity index (χ3v) is 3.73. The molecule has 0 saturated carbocycles. The van der Waals surface area contributed by atoms with Gasteiger partial charge in [-0.1, -0.05) is 0 Å². The molecular formula is C14H19N5O6. The number of nitrogen functional groups attached to an aromatic ring is 1. The van der Waals surface area contributed by atoms with E-state index in [4.69, 9.17) is 19.9 Å². The average Bonchev–Trinajstić information content (AvgIpc) is 3.14. The fraction of sp³-hybridized carbons (Fsp3) is 0.571. The van der Waals surface area contributed by atoms with E-state index in [9.17, 15) is 15.0 Å². The first-order valence-electron chi connectivity index (χ1n) is 7.70. The second kappa shape index (κ2) is 7.17. The lowest BCUT2D eigenvalue weighted by Crippen LogP contribution is -2.24. The Labute approximate surface area is 142 Å². The van der Waals surface area contributed by atoms with Crippen LogP contribution in [0.4, 0.5) is 5.95 Å². The molecule has 3 heterocycles. The number of nitrogens with two attached hydrogens (primary N) is 1. The molecule has 0 bridgehead atoms. The molecule has 11 nitrogen and oxygen atoms in total. The lowest BCUT2D eigenvalue weighted by Gasteiger charge is -2.14. The van der Waals surface area contributed by atoms with Crippen LogP contribution >= 0.6 is 0 Å². The number of rotatable bonds is 6. The maximum absolute atomic E-state index is 10.8. The Kier molecular flexibility index (Phi) is 4.97. The van der Waals surface area contributed by atoms with E-state index >= 15 is 0 Å². The van der Waals surface area contributed by atoms with Crippen molar-refractivity contribution in [3.63, 3.8) is 0 Å². The fourth-order valence-electron chi connectivity index (χ4n) is 2.59. The summed E-state index contributed by atoms with van der Waals surface area (Å²) in [6, 6.07) is 0. The Bertz CT molecular complexity index is 765. The fourth-order valence-corrected chi connectivity index (χ4v) is 2.59. The number of nitrogens with zero attached hydrogens (tertiary/aromatic N) is 4. The maximum Gasteiger partial charge on any atom is 0.302 e. The molecule has 1 aliphatic rings. The minimum absolute atomic E-state index is 0.0195. The van der Waals surface area contributed by atoms with Crippen LogP contribution in [0, 0.1) is 0 Å². The summed E-state index contributed by atoms with van der Waals surface area (Å²) in [6.07, 6.45) is -0.231. The molecule has 136 valence electrons. The molecular weight excluding hydrogens is 334 g/mol. The van der Waals surface area contributed by atoms with Crippen molar-refractivity contribution in [1.29, 1.82) is 0 Å². The highest BCUT2D eigenvalue weighted by atomic mass is 16.6. The summed E-state index contributed by atoms with van der Waals surface area (Å²) < 4.78 is 17.5. The lowest BCUT2D eigenvalue weighted by molar-refractivity contribution is -0.141. The highest BCUT2D eigenvalue weighted by Gasteiger charge is 2.35. The number of aromatic nitrogens is 4. The van der Waals surface area contributed by atoms with Crippen LogP contribution in [0.3, 0.4) is 0 Å². The van der Waals surface area contributed by atoms with E-state index in [-0.39, 0.29) is 38.1 Å². The van der Waals surface area contributed by atoms with Gasteiger partial charge in [0.25, 0.3) is 0 Å². The van der Waals surface area contributed by atoms with Gasteiger partial charge in [0.1, 0.15) is 25.5 Å². The van der Waals surface area contributed by atoms with Crippen molar-refractivity contribution in [2.75, 3.05) is 25.6 Å². The zero-order valence-electron chi connectivity index (χ0n) is 13.5. The quantitative estimate of drug-likeness (QED) is 0.434. The number of aliphatic hydroxyl groups excluding tert-OH is 2. The van der Waals surface area contributed by atoms with Crippen LogP contribution < -0.4 is 10.5 Å². The third-order valence-electron chi connectivity index (χ3n) is 3.73. The first-order valence-corrected chi connectivity index (χ1v) is 7.70. The predicted octanol–water partition coefficient (Wildman–Crippen LogP) is -1.01. The molecule has 2 aromatic rings. The number of aliphatic hydroxyl groups is 2. The maximum atomic E-state index is 10.8. The van der Waals surface area contributed by atoms with Gasteiger partial charge in [-0.3, -0.25) is 9.36 Å². The van der Waals surface area contributed by atoms with E-state index in [1.807, 2.05) is 0 Å². The Balaban J connectivity index is 1.82. The van der Waals surface area contributed by atoms with Gasteiger partial charge in [0.2, 0.25) is 11.8 Å². The van der Waals surface area contributed by atoms with Crippen LogP contribution in [0.1, 0.15) is 19.6 Å². The average molecular weight is 353 g/mol. The second-order valence-electron chi connectivity index (χ2n) is 5.51. The van der Waals surface area contributed by atoms with Crippen molar-refractivity contribution in [1.82, 2.24) is 19.5 Å². The molecule has 0 unspecified atom stereocenters. The standard InChI is InChI=1S/C14H19N5O6/c1-7(21)23-2-3-24-13-11-12(17-14(15)18-13)19(6-16-11)10-4-8(22)9(5-20)25-10/h6,8-10,20,22H,2-5H2,1H3,(H2,15,17,18)/t8-,9+,10+/m0/s1. The summed E-state index contributed by atoms with van der Waals surface area (Å²) in [5.74, 6) is -0.268. The topological polar surface area (TPSA) is 155 Å². The van der Waals surface area contributed by atoms with Crippen LogP contribution in [0.2, 0.25) is 0 Å². The first-order chi connectivity index (χ1) is 12.0. The molecule has 11 heteroatoms. The van der Waals surface area contributed by atoms with E-state index in [0.29, 0.717) is 11.2 Å². The molecule has 1 fully saturated rings. The molecule has 3 rings (SSSR count). The van der Waals surface area contributed by atoms with E-state index < -0.39 is 24.4 Å². The predicted molar refractivity (Wildman–Crippen MR) is 83.5 cm³/mol. The second-order valence-corrected chi connectivity index (χ2v) is 5.51. The van der Waals surface area contributed by atoms with Crippen molar-refractivity contribution >= 4 is 23.1 Å². The van der Waals surface area contributed by atoms with Gasteiger partial charge in [0.15, 0.2) is 11.2 Å². The molecule has 1 aliphatic heterocycles. The normalized spacial score (nSPS) is 23.1. The third kappa shape index (κ3) is 3.62. The van der Waals surface area contributed by atoms with Crippen molar-refractivity contribution in [2.24, 2.45) is 0 Å². The molecule has 0 spiro atoms. The molecule has 0 amide bonds. The minimum atomic E-state index is -0.786. The summed E-state index contributed by atoms with van der Waals surface area (Å²) >= 11 is 0. The molecule has 0 radical (unpaired) electrons. The number of ether oxygens (including phenoxy) is 3. The van der Waals surface area contributed by atoms with Gasteiger partial charge >= 0.3 is 5.97 Å². The smallest absolute Gasteiger partial charge is 0.302 e. The highest BCUT2D eigenvalue weighted by Crippen LogP contribution is 2.32. The number of anilines is 1. The van der Waals surface area contributed by atoms with Crippen LogP contribution in [0.15, 0.2) is 6.33 Å². The first kappa shape index (κ1) is 17.3. The van der Waals surface area contributed by atoms with Crippen molar-refractivity contribution in [2.45, 2.75) is 31.8 Å². The van der Waals surface area contributed by atoms with Gasteiger partial charge in [0, 0.05) is 13.3 Å². The number of esters is 1. The summed E-state index contributed by atoms with van der Waals surface area (Å²) in [5, 5.41) is 19.1. The minimum Gasteiger partial charge on any atom is -0.472 e. The van der Waals surface area contributed by atoms with E-state index in [1.165, 1.54) is 13.3 Å². The summed E-state index contributed by atoms with van der Waals surface area (Å²) in [7, 11) is 0. The number of hydrogen-bond donors (Lipinski definition) is 3. The van der Waals surface area contributed by atoms with Crippen LogP contribution in [0.25, 0.3) is 11.2 Å². The van der Waals surface area contributed by atoms with E-state index in [2.05, 4.69) is 15.0 Å². The Morgan fingerprint density at radius 2 is 2.28 bits per heavy atom. The molecule has 3 atom stereocenters. The highest BCUT2D eigenvalue weighted by molar-refractivity contribution is 5.77. The van der Waals surface area contributed by atoms with Crippen molar-refractivity contribution in [3.8, 4) is 5.88 Å². The Hall–Kier alpha value is -2.50. The van der Waals surface area contributed by atoms with E-state index in [0.717, 1.165) is 0 Å². The monoisotopic (exact) mass is 353 g/mol. The van der Waals surface area contributed by atoms with Crippen molar-refractivity contribution < 1.29 is 29.2 Å². The SMILES string of the molecule is CC(=O)OCCOc1nc(N)nc2c1ncn2[C@H]1C[C@H](O)[C@@H](CO)O1. The number of carbonyl (C=O) groups excluding carboxylic acids is 1. The molecule has 2 aromatic heterocycles. The zero-order valence-corrected chi connectivity index (χ0v) is 13.5. The zero-order chi connectivity index (χ0) is 18.0. The van der Waals surface area contributed by atoms with Gasteiger partial charge in [-0.2, -0.15) is 9.97 Å². The van der Waals surface area contributed by atoms with Crippen LogP contribution in [-0.4, -0.2) is 67.7 Å². The van der Waals surface area contributed by atoms with Gasteiger partial charge in [-0.25, -0.2) is 4.98 Å². The number of carbonyl (C=O) groups is 1. The summed E-state index contributed by atoms with van der Waals surface area (Å²) in [4.78, 5) is 23.1. The molecule has 25 heavy (non-hydrogen) atoms. The summed E-state index contributed by atoms with van der Waals surface area (Å²) in [6.45, 7) is 1.17. The lowest BCUT2D eigenvalue weighted by atomic mass is 10.2. The molecule has 1 saturated heterocycles. The molecule has 0 aromatic carbocycles. The molecule has 4 N–H and O–H groups in total. The Morgan fingerprint density at radius 3 is 2.96 bits per heavy atom. The van der Waals surface area contributed by atoms with E-state index in [1.54, 1.807) is 4.57 Å². The Morgan fingerprint density at radius 1 is 1.48 bits per heavy atom. The van der Waals surface area contributed by atoms with Crippen LogP contribution in [-0.2, 0) is 14.3 Å². The van der Waals surface area contributed by atoms with Crippen molar-refractivity contribution in [3.05, 3.63) is 6.33 Å². The number of hydrogen-bond acceptors (Lipinski definition) is 10. The molecule has 0 aliphatic carbocycles. The van der Waals surface area contributed by atoms with Crippen LogP contribution in [0.5, 0.6) is 5.88 Å². The number of imidazole rings is 1. The largest absolute Gasteiger partial charge is 0.472 e. The number of fused-ring (bicyclic) bond motifs is 1. The van der Waals surface area contributed by atoms with Gasteiger partial charge in [-0.15, -0.1) is 0 Å². The van der Waals surface area contributed by atoms with Gasteiger partial charge in [-0.05, 0) is 0 Å². The van der Waals surface area contributed by atoms with Gasteiger partial charge in [0.05, 0.1) is 19.0 Å². The van der Waals surface area contributed by atoms with Gasteiger partial charge < -0.3 is 30.2 Å².